The molecule has 0 spiro atoms. The van der Waals surface area contributed by atoms with Gasteiger partial charge in [-0.05, 0) is 49.2 Å². The number of hydrogen-bond acceptors (Lipinski definition) is 6. The average Bonchev–Trinajstić information content (AvgIpc) is 2.72. The van der Waals surface area contributed by atoms with Crippen molar-refractivity contribution in [3.05, 3.63) is 58.4 Å². The summed E-state index contributed by atoms with van der Waals surface area (Å²) in [6, 6.07) is 6.76. The number of piperidine rings is 1. The Labute approximate surface area is 172 Å². The fourth-order valence-electron chi connectivity index (χ4n) is 3.69. The van der Waals surface area contributed by atoms with Crippen molar-refractivity contribution in [1.29, 1.82) is 0 Å². The van der Waals surface area contributed by atoms with Gasteiger partial charge in [-0.15, -0.1) is 0 Å². The van der Waals surface area contributed by atoms with Crippen molar-refractivity contribution in [3.8, 4) is 11.1 Å². The fraction of sp³-hybridized carbons (Fsp3) is 0.333. The SMILES string of the molecule is O=C(CC1NCCCC1O)Cn1cnc2cc(-c3ccncc3)c(Cl)cc2c1=O. The Hall–Kier alpha value is -2.61. The molecule has 0 bridgehead atoms. The van der Waals surface area contributed by atoms with Gasteiger partial charge in [-0.3, -0.25) is 19.1 Å². The Balaban J connectivity index is 1.59. The third kappa shape index (κ3) is 4.22. The zero-order chi connectivity index (χ0) is 20.4. The molecule has 1 aliphatic rings. The van der Waals surface area contributed by atoms with Crippen LogP contribution in [0.1, 0.15) is 19.3 Å². The molecular weight excluding hydrogens is 392 g/mol. The van der Waals surface area contributed by atoms with E-state index in [0.29, 0.717) is 22.3 Å². The second-order valence-electron chi connectivity index (χ2n) is 7.28. The van der Waals surface area contributed by atoms with Gasteiger partial charge in [0.1, 0.15) is 0 Å². The molecule has 0 saturated carbocycles. The molecule has 1 aliphatic heterocycles. The Morgan fingerprint density at radius 3 is 2.86 bits per heavy atom. The van der Waals surface area contributed by atoms with Crippen LogP contribution in [-0.2, 0) is 11.3 Å². The molecular formula is C21H21ClN4O3. The van der Waals surface area contributed by atoms with Crippen LogP contribution in [0.2, 0.25) is 5.02 Å². The van der Waals surface area contributed by atoms with Gasteiger partial charge in [0.15, 0.2) is 5.78 Å². The number of nitrogens with one attached hydrogen (secondary N) is 1. The van der Waals surface area contributed by atoms with Gasteiger partial charge in [0, 0.05) is 35.4 Å². The van der Waals surface area contributed by atoms with Gasteiger partial charge in [-0.2, -0.15) is 0 Å². The number of pyridine rings is 1. The highest BCUT2D eigenvalue weighted by Crippen LogP contribution is 2.30. The van der Waals surface area contributed by atoms with Crippen molar-refractivity contribution in [3.63, 3.8) is 0 Å². The molecule has 7 nitrogen and oxygen atoms in total. The lowest BCUT2D eigenvalue weighted by Crippen LogP contribution is -2.46. The van der Waals surface area contributed by atoms with E-state index in [9.17, 15) is 14.7 Å². The predicted octanol–water partition coefficient (Wildman–Crippen LogP) is 2.18. The van der Waals surface area contributed by atoms with Crippen LogP contribution in [0.5, 0.6) is 0 Å². The number of hydrogen-bond donors (Lipinski definition) is 2. The molecule has 2 aromatic heterocycles. The molecule has 3 heterocycles. The van der Waals surface area contributed by atoms with E-state index in [1.165, 1.54) is 10.9 Å². The molecule has 1 saturated heterocycles. The Bertz CT molecular complexity index is 1100. The smallest absolute Gasteiger partial charge is 0.261 e. The lowest BCUT2D eigenvalue weighted by molar-refractivity contribution is -0.121. The molecule has 150 valence electrons. The van der Waals surface area contributed by atoms with Gasteiger partial charge < -0.3 is 10.4 Å². The minimum absolute atomic E-state index is 0.0869. The van der Waals surface area contributed by atoms with Crippen LogP contribution in [0, 0.1) is 0 Å². The second-order valence-corrected chi connectivity index (χ2v) is 7.68. The first kappa shape index (κ1) is 19.7. The Kier molecular flexibility index (Phi) is 5.71. The highest BCUT2D eigenvalue weighted by atomic mass is 35.5. The van der Waals surface area contributed by atoms with E-state index in [0.717, 1.165) is 24.1 Å². The molecule has 4 rings (SSSR count). The number of aliphatic hydroxyl groups is 1. The first-order chi connectivity index (χ1) is 14.0. The van der Waals surface area contributed by atoms with Crippen molar-refractivity contribution in [2.75, 3.05) is 6.54 Å². The molecule has 29 heavy (non-hydrogen) atoms. The van der Waals surface area contributed by atoms with E-state index in [-0.39, 0.29) is 30.3 Å². The number of aliphatic hydroxyl groups excluding tert-OH is 1. The summed E-state index contributed by atoms with van der Waals surface area (Å²) >= 11 is 6.41. The van der Waals surface area contributed by atoms with Crippen LogP contribution in [-0.4, -0.2) is 44.1 Å². The second kappa shape index (κ2) is 8.41. The zero-order valence-electron chi connectivity index (χ0n) is 15.7. The van der Waals surface area contributed by atoms with Crippen LogP contribution in [0.15, 0.2) is 47.8 Å². The number of carbonyl (C=O) groups is 1. The van der Waals surface area contributed by atoms with Crippen molar-refractivity contribution >= 4 is 28.3 Å². The maximum atomic E-state index is 12.9. The van der Waals surface area contributed by atoms with Crippen LogP contribution >= 0.6 is 11.6 Å². The first-order valence-corrected chi connectivity index (χ1v) is 9.93. The number of halogens is 1. The lowest BCUT2D eigenvalue weighted by atomic mass is 9.97. The molecule has 2 atom stereocenters. The van der Waals surface area contributed by atoms with Gasteiger partial charge in [0.2, 0.25) is 0 Å². The number of fused-ring (bicyclic) bond motifs is 1. The standard InChI is InChI=1S/C21H21ClN4O3/c22-17-9-16-18(10-15(17)13-3-6-23-7-4-13)25-12-26(21(16)29)11-14(27)8-19-20(28)2-1-5-24-19/h3-4,6-7,9-10,12,19-20,24,28H,1-2,5,8,11H2. The maximum absolute atomic E-state index is 12.9. The predicted molar refractivity (Wildman–Crippen MR) is 111 cm³/mol. The fourth-order valence-corrected chi connectivity index (χ4v) is 3.96. The van der Waals surface area contributed by atoms with Crippen LogP contribution < -0.4 is 10.9 Å². The van der Waals surface area contributed by atoms with Crippen LogP contribution in [0.4, 0.5) is 0 Å². The number of nitrogens with zero attached hydrogens (tertiary/aromatic N) is 3. The summed E-state index contributed by atoms with van der Waals surface area (Å²) in [6.45, 7) is 0.696. The number of rotatable bonds is 5. The highest BCUT2D eigenvalue weighted by molar-refractivity contribution is 6.34. The molecule has 3 aromatic rings. The molecule has 0 radical (unpaired) electrons. The topological polar surface area (TPSA) is 97.1 Å². The molecule has 2 N–H and O–H groups in total. The van der Waals surface area contributed by atoms with Gasteiger partial charge >= 0.3 is 0 Å². The Morgan fingerprint density at radius 1 is 1.31 bits per heavy atom. The van der Waals surface area contributed by atoms with Gasteiger partial charge in [0.25, 0.3) is 5.56 Å². The van der Waals surface area contributed by atoms with E-state index < -0.39 is 6.10 Å². The summed E-state index contributed by atoms with van der Waals surface area (Å²) in [4.78, 5) is 33.7. The third-order valence-electron chi connectivity index (χ3n) is 5.25. The molecule has 0 aliphatic carbocycles. The molecule has 1 aromatic carbocycles. The van der Waals surface area contributed by atoms with Crippen molar-refractivity contribution in [2.24, 2.45) is 0 Å². The number of aromatic nitrogens is 3. The summed E-state index contributed by atoms with van der Waals surface area (Å²) in [5.41, 5.74) is 1.84. The summed E-state index contributed by atoms with van der Waals surface area (Å²) in [6.07, 6.45) is 5.94. The number of ketones is 1. The zero-order valence-corrected chi connectivity index (χ0v) is 16.5. The quantitative estimate of drug-likeness (QED) is 0.666. The van der Waals surface area contributed by atoms with Crippen molar-refractivity contribution in [2.45, 2.75) is 38.0 Å². The summed E-state index contributed by atoms with van der Waals surface area (Å²) in [5, 5.41) is 14.0. The van der Waals surface area contributed by atoms with E-state index in [1.54, 1.807) is 24.5 Å². The van der Waals surface area contributed by atoms with Gasteiger partial charge in [-0.25, -0.2) is 4.98 Å². The normalized spacial score (nSPS) is 19.4. The largest absolute Gasteiger partial charge is 0.391 e. The molecule has 8 heteroatoms. The number of carbonyl (C=O) groups excluding carboxylic acids is 1. The number of Topliss-reactive ketones (excluding diaryl/α,β-unsaturated/α-hetero) is 1. The number of benzene rings is 1. The lowest BCUT2D eigenvalue weighted by Gasteiger charge is -2.28. The minimum Gasteiger partial charge on any atom is -0.391 e. The summed E-state index contributed by atoms with van der Waals surface area (Å²) in [5.74, 6) is -0.133. The van der Waals surface area contributed by atoms with E-state index >= 15 is 0 Å². The van der Waals surface area contributed by atoms with E-state index in [1.807, 2.05) is 12.1 Å². The van der Waals surface area contributed by atoms with Gasteiger partial charge in [-0.1, -0.05) is 11.6 Å². The van der Waals surface area contributed by atoms with Crippen LogP contribution in [0.25, 0.3) is 22.0 Å². The first-order valence-electron chi connectivity index (χ1n) is 9.55. The Morgan fingerprint density at radius 2 is 2.10 bits per heavy atom. The van der Waals surface area contributed by atoms with E-state index in [4.69, 9.17) is 11.6 Å². The molecule has 1 fully saturated rings. The summed E-state index contributed by atoms with van der Waals surface area (Å²) < 4.78 is 1.29. The van der Waals surface area contributed by atoms with Crippen LogP contribution in [0.3, 0.4) is 0 Å². The molecule has 0 amide bonds. The monoisotopic (exact) mass is 412 g/mol. The van der Waals surface area contributed by atoms with E-state index in [2.05, 4.69) is 15.3 Å². The van der Waals surface area contributed by atoms with Crippen molar-refractivity contribution in [1.82, 2.24) is 19.9 Å². The summed E-state index contributed by atoms with van der Waals surface area (Å²) in [7, 11) is 0. The highest BCUT2D eigenvalue weighted by Gasteiger charge is 2.25. The van der Waals surface area contributed by atoms with Gasteiger partial charge in [0.05, 0.1) is 29.9 Å². The average molecular weight is 413 g/mol. The minimum atomic E-state index is -0.537. The maximum Gasteiger partial charge on any atom is 0.261 e. The van der Waals surface area contributed by atoms with Crippen molar-refractivity contribution < 1.29 is 9.90 Å². The third-order valence-corrected chi connectivity index (χ3v) is 5.56. The molecule has 2 unspecified atom stereocenters.